The van der Waals surface area contributed by atoms with Gasteiger partial charge in [-0.3, -0.25) is 4.79 Å². The normalized spacial score (nSPS) is 12.4. The van der Waals surface area contributed by atoms with Gasteiger partial charge in [-0.1, -0.05) is 12.1 Å². The second-order valence-electron chi connectivity index (χ2n) is 7.12. The smallest absolute Gasteiger partial charge is 0.243 e. The summed E-state index contributed by atoms with van der Waals surface area (Å²) in [7, 11) is 3.44. The van der Waals surface area contributed by atoms with Gasteiger partial charge in [-0.25, -0.2) is 9.67 Å². The summed E-state index contributed by atoms with van der Waals surface area (Å²) in [5, 5.41) is 11.0. The average Bonchev–Trinajstić information content (AvgIpc) is 3.45. The Bertz CT molecular complexity index is 948. The molecule has 2 heterocycles. The number of hydrogen-bond donors (Lipinski definition) is 2. The lowest BCUT2D eigenvalue weighted by Gasteiger charge is -2.19. The first-order chi connectivity index (χ1) is 14.5. The van der Waals surface area contributed by atoms with E-state index in [0.717, 1.165) is 23.4 Å². The molecule has 3 rings (SSSR count). The molecule has 0 saturated carbocycles. The first-order valence-electron chi connectivity index (χ1n) is 9.90. The molecular formula is C22H28N6O2. The molecule has 0 bridgehead atoms. The lowest BCUT2D eigenvalue weighted by atomic mass is 10.1. The fraction of sp³-hybridized carbons (Fsp3) is 0.318. The second-order valence-corrected chi connectivity index (χ2v) is 7.12. The van der Waals surface area contributed by atoms with Gasteiger partial charge in [-0.2, -0.15) is 5.10 Å². The van der Waals surface area contributed by atoms with E-state index in [-0.39, 0.29) is 18.5 Å². The first kappa shape index (κ1) is 21.2. The van der Waals surface area contributed by atoms with Gasteiger partial charge in [-0.15, -0.1) is 0 Å². The average molecular weight is 409 g/mol. The molecule has 0 fully saturated rings. The van der Waals surface area contributed by atoms with Gasteiger partial charge < -0.3 is 20.0 Å². The minimum atomic E-state index is -0.0598. The molecule has 1 amide bonds. The Kier molecular flexibility index (Phi) is 7.26. The minimum Gasteiger partial charge on any atom is -0.469 e. The molecule has 0 aliphatic carbocycles. The molecule has 2 N–H and O–H groups in total. The number of aromatic nitrogens is 2. The highest BCUT2D eigenvalue weighted by atomic mass is 16.3. The zero-order valence-corrected chi connectivity index (χ0v) is 17.6. The summed E-state index contributed by atoms with van der Waals surface area (Å²) in [4.78, 5) is 18.0. The summed E-state index contributed by atoms with van der Waals surface area (Å²) < 4.78 is 7.20. The SMILES string of the molecule is CC(NC(=NCC(=O)N(C)C)NCCc1ccco1)c1cccc(-n2cccn2)c1. The van der Waals surface area contributed by atoms with Crippen LogP contribution in [0.25, 0.3) is 5.69 Å². The molecule has 0 aliphatic rings. The molecule has 158 valence electrons. The van der Waals surface area contributed by atoms with Crippen LogP contribution in [-0.4, -0.2) is 53.7 Å². The molecule has 8 nitrogen and oxygen atoms in total. The van der Waals surface area contributed by atoms with E-state index in [9.17, 15) is 4.79 Å². The molecule has 30 heavy (non-hydrogen) atoms. The summed E-state index contributed by atoms with van der Waals surface area (Å²) in [6, 6.07) is 13.8. The maximum Gasteiger partial charge on any atom is 0.243 e. The predicted molar refractivity (Wildman–Crippen MR) is 117 cm³/mol. The Hall–Kier alpha value is -3.55. The van der Waals surface area contributed by atoms with Crippen molar-refractivity contribution in [2.75, 3.05) is 27.2 Å². The fourth-order valence-corrected chi connectivity index (χ4v) is 2.85. The molecule has 2 aromatic heterocycles. The van der Waals surface area contributed by atoms with Crippen LogP contribution < -0.4 is 10.6 Å². The van der Waals surface area contributed by atoms with Crippen molar-refractivity contribution >= 4 is 11.9 Å². The van der Waals surface area contributed by atoms with Gasteiger partial charge in [0, 0.05) is 39.5 Å². The maximum atomic E-state index is 12.0. The molecule has 0 aliphatic heterocycles. The third-order valence-corrected chi connectivity index (χ3v) is 4.61. The summed E-state index contributed by atoms with van der Waals surface area (Å²) in [5.41, 5.74) is 2.07. The van der Waals surface area contributed by atoms with Gasteiger partial charge in [0.25, 0.3) is 0 Å². The number of carbonyl (C=O) groups is 1. The summed E-state index contributed by atoms with van der Waals surface area (Å²) in [5.74, 6) is 1.41. The predicted octanol–water partition coefficient (Wildman–Crippen LogP) is 2.39. The Morgan fingerprint density at radius 1 is 1.27 bits per heavy atom. The van der Waals surface area contributed by atoms with Crippen molar-refractivity contribution in [3.8, 4) is 5.69 Å². The van der Waals surface area contributed by atoms with Crippen LogP contribution in [0, 0.1) is 0 Å². The lowest BCUT2D eigenvalue weighted by Crippen LogP contribution is -2.40. The van der Waals surface area contributed by atoms with Crippen molar-refractivity contribution in [3.05, 3.63) is 72.4 Å². The second kappa shape index (κ2) is 10.3. The number of nitrogens with one attached hydrogen (secondary N) is 2. The van der Waals surface area contributed by atoms with Crippen LogP contribution in [0.1, 0.15) is 24.3 Å². The number of amides is 1. The van der Waals surface area contributed by atoms with Gasteiger partial charge in [0.1, 0.15) is 12.3 Å². The van der Waals surface area contributed by atoms with Gasteiger partial charge >= 0.3 is 0 Å². The number of benzene rings is 1. The Labute approximate surface area is 176 Å². The number of aliphatic imine (C=N–C) groups is 1. The molecule has 1 unspecified atom stereocenters. The van der Waals surface area contributed by atoms with Crippen LogP contribution in [0.2, 0.25) is 0 Å². The van der Waals surface area contributed by atoms with Crippen LogP contribution >= 0.6 is 0 Å². The van der Waals surface area contributed by atoms with E-state index < -0.39 is 0 Å². The third-order valence-electron chi connectivity index (χ3n) is 4.61. The van der Waals surface area contributed by atoms with Crippen LogP contribution in [0.5, 0.6) is 0 Å². The number of nitrogens with zero attached hydrogens (tertiary/aromatic N) is 4. The quantitative estimate of drug-likeness (QED) is 0.441. The van der Waals surface area contributed by atoms with Gasteiger partial charge in [0.05, 0.1) is 18.0 Å². The number of furan rings is 1. The molecule has 0 spiro atoms. The van der Waals surface area contributed by atoms with E-state index in [1.54, 1.807) is 26.6 Å². The Balaban J connectivity index is 1.68. The van der Waals surface area contributed by atoms with Crippen LogP contribution in [0.3, 0.4) is 0 Å². The van der Waals surface area contributed by atoms with E-state index >= 15 is 0 Å². The minimum absolute atomic E-state index is 0.0233. The molecule has 1 atom stereocenters. The number of likely N-dealkylation sites (N-methyl/N-ethyl adjacent to an activating group) is 1. The van der Waals surface area contributed by atoms with Crippen LogP contribution in [-0.2, 0) is 11.2 Å². The van der Waals surface area contributed by atoms with Gasteiger partial charge in [-0.05, 0) is 42.8 Å². The lowest BCUT2D eigenvalue weighted by molar-refractivity contribution is -0.127. The number of hydrogen-bond acceptors (Lipinski definition) is 4. The summed E-state index contributed by atoms with van der Waals surface area (Å²) in [6.45, 7) is 2.76. The fourth-order valence-electron chi connectivity index (χ4n) is 2.85. The van der Waals surface area contributed by atoms with Gasteiger partial charge in [0.15, 0.2) is 5.96 Å². The number of rotatable bonds is 8. The third kappa shape index (κ3) is 5.97. The van der Waals surface area contributed by atoms with Gasteiger partial charge in [0.2, 0.25) is 5.91 Å². The van der Waals surface area contributed by atoms with E-state index in [2.05, 4.69) is 39.8 Å². The number of carbonyl (C=O) groups excluding carboxylic acids is 1. The molecule has 8 heteroatoms. The van der Waals surface area contributed by atoms with Crippen LogP contribution in [0.15, 0.2) is 70.5 Å². The van der Waals surface area contributed by atoms with Crippen molar-refractivity contribution < 1.29 is 9.21 Å². The van der Waals surface area contributed by atoms with Crippen molar-refractivity contribution in [1.29, 1.82) is 0 Å². The molecule has 3 aromatic rings. The highest BCUT2D eigenvalue weighted by Crippen LogP contribution is 2.16. The van der Waals surface area contributed by atoms with E-state index in [4.69, 9.17) is 4.42 Å². The van der Waals surface area contributed by atoms with E-state index in [1.165, 1.54) is 4.90 Å². The van der Waals surface area contributed by atoms with Crippen molar-refractivity contribution in [1.82, 2.24) is 25.3 Å². The monoisotopic (exact) mass is 408 g/mol. The van der Waals surface area contributed by atoms with Crippen molar-refractivity contribution in [2.45, 2.75) is 19.4 Å². The zero-order valence-electron chi connectivity index (χ0n) is 17.6. The Morgan fingerprint density at radius 2 is 2.13 bits per heavy atom. The largest absolute Gasteiger partial charge is 0.469 e. The van der Waals surface area contributed by atoms with Crippen molar-refractivity contribution in [2.24, 2.45) is 4.99 Å². The maximum absolute atomic E-state index is 12.0. The van der Waals surface area contributed by atoms with Crippen LogP contribution in [0.4, 0.5) is 0 Å². The molecule has 1 aromatic carbocycles. The molecule has 0 radical (unpaired) electrons. The highest BCUT2D eigenvalue weighted by Gasteiger charge is 2.11. The van der Waals surface area contributed by atoms with E-state index in [0.29, 0.717) is 12.5 Å². The Morgan fingerprint density at radius 3 is 2.83 bits per heavy atom. The topological polar surface area (TPSA) is 87.7 Å². The highest BCUT2D eigenvalue weighted by molar-refractivity contribution is 5.85. The summed E-state index contributed by atoms with van der Waals surface area (Å²) >= 11 is 0. The number of guanidine groups is 1. The first-order valence-corrected chi connectivity index (χ1v) is 9.90. The molecule has 0 saturated heterocycles. The summed E-state index contributed by atoms with van der Waals surface area (Å²) in [6.07, 6.45) is 6.04. The molecular weight excluding hydrogens is 380 g/mol. The van der Waals surface area contributed by atoms with E-state index in [1.807, 2.05) is 41.2 Å². The van der Waals surface area contributed by atoms with Crippen molar-refractivity contribution in [3.63, 3.8) is 0 Å². The zero-order chi connectivity index (χ0) is 21.3. The standard InChI is InChI=1S/C22H28N6O2/c1-17(18-7-4-8-19(15-18)28-13-6-11-25-28)26-22(24-16-21(29)27(2)3)23-12-10-20-9-5-14-30-20/h4-9,11,13-15,17H,10,12,16H2,1-3H3,(H2,23,24,26).